The van der Waals surface area contributed by atoms with Crippen LogP contribution in [0.1, 0.15) is 57.1 Å². The van der Waals surface area contributed by atoms with Crippen LogP contribution < -0.4 is 0 Å². The fourth-order valence-corrected chi connectivity index (χ4v) is 3.13. The molecule has 21 heavy (non-hydrogen) atoms. The quantitative estimate of drug-likeness (QED) is 0.899. The normalized spacial score (nSPS) is 19.4. The van der Waals surface area contributed by atoms with Crippen LogP contribution in [-0.4, -0.2) is 34.6 Å². The van der Waals surface area contributed by atoms with Crippen molar-refractivity contribution in [1.82, 2.24) is 4.90 Å². The Bertz CT molecular complexity index is 474. The number of carboxylic acids is 1. The van der Waals surface area contributed by atoms with Crippen molar-refractivity contribution >= 4 is 5.97 Å². The maximum atomic E-state index is 11.9. The van der Waals surface area contributed by atoms with E-state index in [0.29, 0.717) is 12.3 Å². The minimum Gasteiger partial charge on any atom is -0.480 e. The van der Waals surface area contributed by atoms with E-state index in [9.17, 15) is 9.90 Å². The van der Waals surface area contributed by atoms with Crippen molar-refractivity contribution in [3.8, 4) is 0 Å². The van der Waals surface area contributed by atoms with Crippen LogP contribution in [0.3, 0.4) is 0 Å². The van der Waals surface area contributed by atoms with Gasteiger partial charge in [0.15, 0.2) is 0 Å². The van der Waals surface area contributed by atoms with Gasteiger partial charge in [-0.2, -0.15) is 0 Å². The Morgan fingerprint density at radius 1 is 1.19 bits per heavy atom. The van der Waals surface area contributed by atoms with Crippen LogP contribution >= 0.6 is 0 Å². The van der Waals surface area contributed by atoms with Crippen molar-refractivity contribution in [3.63, 3.8) is 0 Å². The summed E-state index contributed by atoms with van der Waals surface area (Å²) in [6.07, 6.45) is 4.00. The number of nitrogens with zero attached hydrogens (tertiary/aromatic N) is 1. The lowest BCUT2D eigenvalue weighted by atomic mass is 9.88. The molecule has 0 radical (unpaired) electrons. The van der Waals surface area contributed by atoms with E-state index in [4.69, 9.17) is 0 Å². The standard InChI is InChI=1S/C18H27NO2/c1-14(2)16-9-7-15(8-10-16)13-18(3,17(20)21)19-11-5-4-6-12-19/h7-10,14H,4-6,11-13H2,1-3H3,(H,20,21). The van der Waals surface area contributed by atoms with Crippen molar-refractivity contribution in [1.29, 1.82) is 0 Å². The summed E-state index contributed by atoms with van der Waals surface area (Å²) in [6, 6.07) is 8.41. The van der Waals surface area contributed by atoms with E-state index in [1.165, 1.54) is 12.0 Å². The summed E-state index contributed by atoms with van der Waals surface area (Å²) < 4.78 is 0. The predicted molar refractivity (Wildman–Crippen MR) is 85.7 cm³/mol. The van der Waals surface area contributed by atoms with Crippen molar-refractivity contribution in [2.75, 3.05) is 13.1 Å². The second-order valence-corrected chi connectivity index (χ2v) is 6.70. The fourth-order valence-electron chi connectivity index (χ4n) is 3.13. The Morgan fingerprint density at radius 3 is 2.24 bits per heavy atom. The van der Waals surface area contributed by atoms with Crippen molar-refractivity contribution < 1.29 is 9.90 Å². The second kappa shape index (κ2) is 6.61. The minimum atomic E-state index is -0.792. The highest BCUT2D eigenvalue weighted by molar-refractivity contribution is 5.78. The van der Waals surface area contributed by atoms with Crippen molar-refractivity contribution in [2.24, 2.45) is 0 Å². The molecule has 3 nitrogen and oxygen atoms in total. The van der Waals surface area contributed by atoms with Crippen LogP contribution in [0, 0.1) is 0 Å². The highest BCUT2D eigenvalue weighted by Crippen LogP contribution is 2.26. The maximum absolute atomic E-state index is 11.9. The molecule has 1 N–H and O–H groups in total. The predicted octanol–water partition coefficient (Wildman–Crippen LogP) is 3.68. The number of benzene rings is 1. The lowest BCUT2D eigenvalue weighted by molar-refractivity contribution is -0.151. The molecular formula is C18H27NO2. The third kappa shape index (κ3) is 3.65. The maximum Gasteiger partial charge on any atom is 0.324 e. The van der Waals surface area contributed by atoms with Crippen LogP contribution in [0.25, 0.3) is 0 Å². The zero-order valence-corrected chi connectivity index (χ0v) is 13.4. The van der Waals surface area contributed by atoms with Crippen LogP contribution in [0.15, 0.2) is 24.3 Å². The number of rotatable bonds is 5. The van der Waals surface area contributed by atoms with Crippen LogP contribution in [0.5, 0.6) is 0 Å². The van der Waals surface area contributed by atoms with Gasteiger partial charge in [-0.3, -0.25) is 9.69 Å². The van der Waals surface area contributed by atoms with Gasteiger partial charge in [0.25, 0.3) is 0 Å². The lowest BCUT2D eigenvalue weighted by Gasteiger charge is -2.40. The summed E-state index contributed by atoms with van der Waals surface area (Å²) in [7, 11) is 0. The largest absolute Gasteiger partial charge is 0.480 e. The summed E-state index contributed by atoms with van der Waals surface area (Å²) in [5, 5.41) is 9.75. The molecule has 3 heteroatoms. The number of carboxylic acid groups (broad SMARTS) is 1. The molecule has 0 spiro atoms. The first-order valence-corrected chi connectivity index (χ1v) is 8.01. The van der Waals surface area contributed by atoms with Crippen LogP contribution in [-0.2, 0) is 11.2 Å². The summed E-state index contributed by atoms with van der Waals surface area (Å²) in [5.74, 6) is -0.204. The minimum absolute atomic E-state index is 0.506. The van der Waals surface area contributed by atoms with Gasteiger partial charge in [-0.15, -0.1) is 0 Å². The first kappa shape index (κ1) is 16.0. The molecule has 1 unspecified atom stereocenters. The van der Waals surface area contributed by atoms with E-state index in [0.717, 1.165) is 31.5 Å². The molecule has 1 aliphatic heterocycles. The lowest BCUT2D eigenvalue weighted by Crippen LogP contribution is -2.55. The number of aliphatic carboxylic acids is 1. The van der Waals surface area contributed by atoms with Gasteiger partial charge in [-0.05, 0) is 49.9 Å². The van der Waals surface area contributed by atoms with E-state index in [2.05, 4.69) is 43.0 Å². The third-order valence-electron chi connectivity index (χ3n) is 4.71. The average molecular weight is 289 g/mol. The van der Waals surface area contributed by atoms with Gasteiger partial charge >= 0.3 is 5.97 Å². The van der Waals surface area contributed by atoms with Gasteiger partial charge in [0.2, 0.25) is 0 Å². The number of hydrogen-bond donors (Lipinski definition) is 1. The Kier molecular flexibility index (Phi) is 5.04. The van der Waals surface area contributed by atoms with Gasteiger partial charge in [-0.25, -0.2) is 0 Å². The molecule has 0 saturated carbocycles. The second-order valence-electron chi connectivity index (χ2n) is 6.70. The van der Waals surface area contributed by atoms with Crippen molar-refractivity contribution in [3.05, 3.63) is 35.4 Å². The van der Waals surface area contributed by atoms with E-state index >= 15 is 0 Å². The number of carbonyl (C=O) groups is 1. The molecule has 0 amide bonds. The van der Waals surface area contributed by atoms with Gasteiger partial charge in [0.05, 0.1) is 0 Å². The molecule has 1 heterocycles. The molecule has 0 aromatic heterocycles. The first-order chi connectivity index (χ1) is 9.93. The van der Waals surface area contributed by atoms with Gasteiger partial charge in [0.1, 0.15) is 5.54 Å². The molecule has 1 aliphatic rings. The molecule has 2 rings (SSSR count). The van der Waals surface area contributed by atoms with Gasteiger partial charge in [0, 0.05) is 6.42 Å². The highest BCUT2D eigenvalue weighted by Gasteiger charge is 2.39. The van der Waals surface area contributed by atoms with E-state index in [1.807, 2.05) is 6.92 Å². The summed E-state index contributed by atoms with van der Waals surface area (Å²) in [5.41, 5.74) is 1.61. The number of piperidine rings is 1. The smallest absolute Gasteiger partial charge is 0.324 e. The molecule has 1 saturated heterocycles. The molecule has 116 valence electrons. The van der Waals surface area contributed by atoms with E-state index in [-0.39, 0.29) is 0 Å². The van der Waals surface area contributed by atoms with Crippen molar-refractivity contribution in [2.45, 2.75) is 57.9 Å². The average Bonchev–Trinajstić information content (AvgIpc) is 2.48. The molecule has 0 bridgehead atoms. The highest BCUT2D eigenvalue weighted by atomic mass is 16.4. The number of likely N-dealkylation sites (tertiary alicyclic amines) is 1. The fraction of sp³-hybridized carbons (Fsp3) is 0.611. The Hall–Kier alpha value is -1.35. The Balaban J connectivity index is 2.17. The molecule has 1 fully saturated rings. The Morgan fingerprint density at radius 2 is 1.76 bits per heavy atom. The van der Waals surface area contributed by atoms with E-state index < -0.39 is 11.5 Å². The topological polar surface area (TPSA) is 40.5 Å². The van der Waals surface area contributed by atoms with Crippen LogP contribution in [0.4, 0.5) is 0 Å². The zero-order valence-electron chi connectivity index (χ0n) is 13.4. The molecule has 1 atom stereocenters. The van der Waals surface area contributed by atoms with Crippen LogP contribution in [0.2, 0.25) is 0 Å². The van der Waals surface area contributed by atoms with Gasteiger partial charge < -0.3 is 5.11 Å². The van der Waals surface area contributed by atoms with E-state index in [1.54, 1.807) is 0 Å². The SMILES string of the molecule is CC(C)c1ccc(CC(C)(C(=O)O)N2CCCCC2)cc1. The molecule has 0 aliphatic carbocycles. The third-order valence-corrected chi connectivity index (χ3v) is 4.71. The monoisotopic (exact) mass is 289 g/mol. The summed E-state index contributed by atoms with van der Waals surface area (Å²) in [4.78, 5) is 14.0. The summed E-state index contributed by atoms with van der Waals surface area (Å²) in [6.45, 7) is 8.00. The number of hydrogen-bond acceptors (Lipinski definition) is 2. The molecule has 1 aromatic carbocycles. The molecular weight excluding hydrogens is 262 g/mol. The van der Waals surface area contributed by atoms with Gasteiger partial charge in [-0.1, -0.05) is 44.5 Å². The first-order valence-electron chi connectivity index (χ1n) is 8.01. The zero-order chi connectivity index (χ0) is 15.5. The molecule has 1 aromatic rings. The summed E-state index contributed by atoms with van der Waals surface area (Å²) >= 11 is 0. The Labute approximate surface area is 128 Å².